The second kappa shape index (κ2) is 11.2. The fourth-order valence-electron chi connectivity index (χ4n) is 2.27. The SMILES string of the molecule is C=CCCC(=O)NC(CCCN=C(N)N)C(=O)ON1C(=O)CC(SC)C1=O. The Bertz CT molecular complexity index is 620. The first-order valence-electron chi connectivity index (χ1n) is 8.37. The Balaban J connectivity index is 2.74. The van der Waals surface area contributed by atoms with Gasteiger partial charge in [0.15, 0.2) is 5.96 Å². The van der Waals surface area contributed by atoms with Crippen molar-refractivity contribution in [3.63, 3.8) is 0 Å². The molecule has 0 aromatic heterocycles. The van der Waals surface area contributed by atoms with Crippen LogP contribution < -0.4 is 16.8 Å². The van der Waals surface area contributed by atoms with Crippen LogP contribution in [0.2, 0.25) is 0 Å². The maximum Gasteiger partial charge on any atom is 0.355 e. The topological polar surface area (TPSA) is 157 Å². The lowest BCUT2D eigenvalue weighted by atomic mass is 10.1. The average molecular weight is 399 g/mol. The summed E-state index contributed by atoms with van der Waals surface area (Å²) in [5, 5.41) is 2.44. The van der Waals surface area contributed by atoms with Crippen molar-refractivity contribution >= 4 is 41.4 Å². The number of imide groups is 1. The zero-order chi connectivity index (χ0) is 20.4. The van der Waals surface area contributed by atoms with E-state index in [0.29, 0.717) is 17.9 Å². The lowest BCUT2D eigenvalue weighted by molar-refractivity contribution is -0.199. The van der Waals surface area contributed by atoms with Crippen LogP contribution >= 0.6 is 11.8 Å². The number of thioether (sulfide) groups is 1. The van der Waals surface area contributed by atoms with Gasteiger partial charge in [0, 0.05) is 13.0 Å². The first-order chi connectivity index (χ1) is 12.8. The molecule has 150 valence electrons. The van der Waals surface area contributed by atoms with E-state index in [4.69, 9.17) is 16.3 Å². The predicted molar refractivity (Wildman–Crippen MR) is 101 cm³/mol. The van der Waals surface area contributed by atoms with Crippen LogP contribution in [0.3, 0.4) is 0 Å². The average Bonchev–Trinajstić information content (AvgIpc) is 2.89. The molecular formula is C16H25N5O5S. The van der Waals surface area contributed by atoms with E-state index in [9.17, 15) is 19.2 Å². The number of hydrogen-bond acceptors (Lipinski definition) is 7. The molecule has 0 aromatic rings. The molecule has 5 N–H and O–H groups in total. The Hall–Kier alpha value is -2.56. The van der Waals surface area contributed by atoms with Gasteiger partial charge in [0.05, 0.1) is 11.7 Å². The smallest absolute Gasteiger partial charge is 0.355 e. The fraction of sp³-hybridized carbons (Fsp3) is 0.562. The second-order valence-electron chi connectivity index (χ2n) is 5.76. The molecule has 0 aliphatic carbocycles. The largest absolute Gasteiger partial charge is 0.370 e. The number of amides is 3. The zero-order valence-electron chi connectivity index (χ0n) is 15.2. The van der Waals surface area contributed by atoms with E-state index in [0.717, 1.165) is 0 Å². The van der Waals surface area contributed by atoms with Gasteiger partial charge in [-0.2, -0.15) is 11.8 Å². The third kappa shape index (κ3) is 7.29. The molecule has 11 heteroatoms. The summed E-state index contributed by atoms with van der Waals surface area (Å²) in [6.07, 6.45) is 4.39. The van der Waals surface area contributed by atoms with E-state index in [-0.39, 0.29) is 37.7 Å². The highest BCUT2D eigenvalue weighted by atomic mass is 32.2. The van der Waals surface area contributed by atoms with Crippen molar-refractivity contribution in [3.05, 3.63) is 12.7 Å². The molecule has 0 bridgehead atoms. The summed E-state index contributed by atoms with van der Waals surface area (Å²) in [6, 6.07) is -1.04. The Kier molecular flexibility index (Phi) is 9.34. The molecule has 1 fully saturated rings. The van der Waals surface area contributed by atoms with Crippen molar-refractivity contribution in [1.82, 2.24) is 10.4 Å². The van der Waals surface area contributed by atoms with Gasteiger partial charge >= 0.3 is 5.97 Å². The number of rotatable bonds is 11. The van der Waals surface area contributed by atoms with Crippen molar-refractivity contribution in [2.24, 2.45) is 16.5 Å². The Morgan fingerprint density at radius 1 is 1.48 bits per heavy atom. The number of nitrogens with two attached hydrogens (primary N) is 2. The van der Waals surface area contributed by atoms with Crippen molar-refractivity contribution < 1.29 is 24.0 Å². The Morgan fingerprint density at radius 3 is 2.74 bits per heavy atom. The van der Waals surface area contributed by atoms with Crippen molar-refractivity contribution in [3.8, 4) is 0 Å². The lowest BCUT2D eigenvalue weighted by Crippen LogP contribution is -2.45. The van der Waals surface area contributed by atoms with Crippen LogP contribution in [-0.2, 0) is 24.0 Å². The number of hydroxylamine groups is 2. The highest BCUT2D eigenvalue weighted by molar-refractivity contribution is 8.00. The van der Waals surface area contributed by atoms with Crippen LogP contribution in [0.5, 0.6) is 0 Å². The number of nitrogens with zero attached hydrogens (tertiary/aromatic N) is 2. The standard InChI is InChI=1S/C16H25N5O5S/c1-3-4-7-12(22)20-10(6-5-8-19-16(17)18)15(25)26-21-13(23)9-11(27-2)14(21)24/h3,10-11H,1,4-9H2,2H3,(H,20,22)(H4,17,18,19). The third-order valence-corrected chi connectivity index (χ3v) is 4.61. The van der Waals surface area contributed by atoms with E-state index in [1.54, 1.807) is 12.3 Å². The van der Waals surface area contributed by atoms with Gasteiger partial charge in [-0.1, -0.05) is 6.08 Å². The van der Waals surface area contributed by atoms with Gasteiger partial charge in [0.25, 0.3) is 11.8 Å². The van der Waals surface area contributed by atoms with Crippen molar-refractivity contribution in [2.75, 3.05) is 12.8 Å². The molecule has 27 heavy (non-hydrogen) atoms. The maximum atomic E-state index is 12.4. The van der Waals surface area contributed by atoms with Crippen LogP contribution in [0.1, 0.15) is 32.1 Å². The number of nitrogens with one attached hydrogen (secondary N) is 1. The minimum absolute atomic E-state index is 0.0336. The molecule has 0 radical (unpaired) electrons. The third-order valence-electron chi connectivity index (χ3n) is 3.67. The van der Waals surface area contributed by atoms with Gasteiger partial charge in [-0.3, -0.25) is 19.4 Å². The van der Waals surface area contributed by atoms with E-state index in [1.165, 1.54) is 11.8 Å². The van der Waals surface area contributed by atoms with E-state index < -0.39 is 29.1 Å². The van der Waals surface area contributed by atoms with Crippen molar-refractivity contribution in [2.45, 2.75) is 43.4 Å². The highest BCUT2D eigenvalue weighted by Crippen LogP contribution is 2.23. The maximum absolute atomic E-state index is 12.4. The molecule has 3 amide bonds. The highest BCUT2D eigenvalue weighted by Gasteiger charge is 2.42. The summed E-state index contributed by atoms with van der Waals surface area (Å²) < 4.78 is 0. The molecule has 0 aromatic carbocycles. The molecular weight excluding hydrogens is 374 g/mol. The van der Waals surface area contributed by atoms with Gasteiger partial charge in [-0.25, -0.2) is 4.79 Å². The zero-order valence-corrected chi connectivity index (χ0v) is 16.0. The minimum atomic E-state index is -1.04. The lowest BCUT2D eigenvalue weighted by Gasteiger charge is -2.20. The molecule has 0 spiro atoms. The van der Waals surface area contributed by atoms with Gasteiger partial charge in [0.2, 0.25) is 5.91 Å². The van der Waals surface area contributed by atoms with Gasteiger partial charge in [-0.05, 0) is 25.5 Å². The summed E-state index contributed by atoms with van der Waals surface area (Å²) in [7, 11) is 0. The molecule has 2 unspecified atom stereocenters. The number of guanidine groups is 1. The first-order valence-corrected chi connectivity index (χ1v) is 9.66. The van der Waals surface area contributed by atoms with Crippen LogP contribution in [0.4, 0.5) is 0 Å². The van der Waals surface area contributed by atoms with E-state index in [2.05, 4.69) is 16.9 Å². The summed E-state index contributed by atoms with van der Waals surface area (Å²) in [6.45, 7) is 3.79. The molecule has 1 rings (SSSR count). The molecule has 2 atom stereocenters. The molecule has 1 saturated heterocycles. The summed E-state index contributed by atoms with van der Waals surface area (Å²) >= 11 is 1.20. The van der Waals surface area contributed by atoms with Crippen molar-refractivity contribution in [1.29, 1.82) is 0 Å². The first kappa shape index (κ1) is 22.5. The molecule has 0 saturated carbocycles. The molecule has 1 aliphatic heterocycles. The second-order valence-corrected chi connectivity index (χ2v) is 6.80. The monoisotopic (exact) mass is 399 g/mol. The Labute approximate surface area is 161 Å². The summed E-state index contributed by atoms with van der Waals surface area (Å²) in [5.74, 6) is -2.53. The van der Waals surface area contributed by atoms with Crippen LogP contribution in [0, 0.1) is 0 Å². The fourth-order valence-corrected chi connectivity index (χ4v) is 2.87. The Morgan fingerprint density at radius 2 is 2.19 bits per heavy atom. The number of aliphatic imine (C=N–C) groups is 1. The van der Waals surface area contributed by atoms with E-state index >= 15 is 0 Å². The number of allylic oxidation sites excluding steroid dienone is 1. The van der Waals surface area contributed by atoms with Crippen LogP contribution in [-0.4, -0.2) is 58.8 Å². The molecule has 1 aliphatic rings. The molecule has 10 nitrogen and oxygen atoms in total. The molecule has 1 heterocycles. The number of carbonyl (C=O) groups is 4. The number of carbonyl (C=O) groups excluding carboxylic acids is 4. The van der Waals surface area contributed by atoms with Gasteiger partial charge < -0.3 is 21.6 Å². The van der Waals surface area contributed by atoms with Crippen LogP contribution in [0.15, 0.2) is 17.6 Å². The van der Waals surface area contributed by atoms with Crippen LogP contribution in [0.25, 0.3) is 0 Å². The van der Waals surface area contributed by atoms with Gasteiger partial charge in [-0.15, -0.1) is 11.6 Å². The summed E-state index contributed by atoms with van der Waals surface area (Å²) in [4.78, 5) is 57.1. The predicted octanol–water partition coefficient (Wildman–Crippen LogP) is -0.560. The minimum Gasteiger partial charge on any atom is -0.370 e. The van der Waals surface area contributed by atoms with Gasteiger partial charge in [0.1, 0.15) is 6.04 Å². The quantitative estimate of drug-likeness (QED) is 0.137. The summed E-state index contributed by atoms with van der Waals surface area (Å²) in [5.41, 5.74) is 10.5. The number of hydrogen-bond donors (Lipinski definition) is 3. The normalized spacial score (nSPS) is 17.4. The van der Waals surface area contributed by atoms with E-state index in [1.807, 2.05) is 0 Å².